The highest BCUT2D eigenvalue weighted by atomic mass is 19.4. The van der Waals surface area contributed by atoms with E-state index in [-0.39, 0.29) is 22.8 Å². The Morgan fingerprint density at radius 2 is 1.23 bits per heavy atom. The Morgan fingerprint density at radius 1 is 0.705 bits per heavy atom. The van der Waals surface area contributed by atoms with Crippen molar-refractivity contribution < 1.29 is 46.5 Å². The van der Waals surface area contributed by atoms with Crippen molar-refractivity contribution in [1.82, 2.24) is 0 Å². The van der Waals surface area contributed by atoms with Crippen LogP contribution in [-0.4, -0.2) is 22.2 Å². The molecular weight excluding hydrogens is 583 g/mol. The standard InChI is InChI=1S/C34H27F5O5/c35-33(36,37)28-17-19-29(20-18-28)34(38,39)44-30-4-2-1-3-25(30)12-9-23(21-24-10-15-27(16-11-24)32(42)43)6-5-22-7-13-26(14-8-22)31(40)41/h1-4,7-20,23H,5-6,21H2,(H,40,41)(H,42,43)/b12-9+. The Morgan fingerprint density at radius 3 is 1.77 bits per heavy atom. The van der Waals surface area contributed by atoms with Crippen LogP contribution >= 0.6 is 0 Å². The molecule has 44 heavy (non-hydrogen) atoms. The molecule has 0 amide bonds. The minimum atomic E-state index is -4.66. The summed E-state index contributed by atoms with van der Waals surface area (Å²) in [4.78, 5) is 22.4. The number of allylic oxidation sites excluding steroid dienone is 1. The third kappa shape index (κ3) is 8.53. The van der Waals surface area contributed by atoms with Gasteiger partial charge >= 0.3 is 24.2 Å². The highest BCUT2D eigenvalue weighted by molar-refractivity contribution is 5.88. The number of carboxylic acids is 2. The Kier molecular flexibility index (Phi) is 9.83. The van der Waals surface area contributed by atoms with E-state index in [0.29, 0.717) is 49.1 Å². The smallest absolute Gasteiger partial charge is 0.426 e. The number of rotatable bonds is 12. The molecule has 0 saturated heterocycles. The van der Waals surface area contributed by atoms with E-state index in [4.69, 9.17) is 9.84 Å². The maximum Gasteiger partial charge on any atom is 0.426 e. The summed E-state index contributed by atoms with van der Waals surface area (Å²) in [6, 6.07) is 21.4. The first-order chi connectivity index (χ1) is 20.8. The van der Waals surface area contributed by atoms with Crippen LogP contribution in [0.1, 0.15) is 55.0 Å². The Hall–Kier alpha value is -4.99. The summed E-state index contributed by atoms with van der Waals surface area (Å²) in [6.45, 7) is 0. The number of ether oxygens (including phenoxy) is 1. The van der Waals surface area contributed by atoms with Crippen molar-refractivity contribution >= 4 is 18.0 Å². The summed E-state index contributed by atoms with van der Waals surface area (Å²) >= 11 is 0. The summed E-state index contributed by atoms with van der Waals surface area (Å²) < 4.78 is 73.7. The second-order valence-electron chi connectivity index (χ2n) is 10.1. The van der Waals surface area contributed by atoms with Gasteiger partial charge in [0.05, 0.1) is 22.3 Å². The lowest BCUT2D eigenvalue weighted by atomic mass is 9.91. The molecule has 0 heterocycles. The molecule has 228 valence electrons. The fourth-order valence-corrected chi connectivity index (χ4v) is 4.52. The quantitative estimate of drug-likeness (QED) is 0.157. The lowest BCUT2D eigenvalue weighted by Crippen LogP contribution is -2.22. The van der Waals surface area contributed by atoms with Crippen molar-refractivity contribution in [1.29, 1.82) is 0 Å². The molecule has 0 aliphatic carbocycles. The first-order valence-corrected chi connectivity index (χ1v) is 13.5. The fourth-order valence-electron chi connectivity index (χ4n) is 4.52. The van der Waals surface area contributed by atoms with Crippen molar-refractivity contribution in [3.8, 4) is 5.75 Å². The Balaban J connectivity index is 1.55. The molecule has 10 heteroatoms. The van der Waals surface area contributed by atoms with E-state index < -0.39 is 35.4 Å². The van der Waals surface area contributed by atoms with Crippen LogP contribution in [0.15, 0.2) is 103 Å². The number of para-hydroxylation sites is 1. The molecule has 5 nitrogen and oxygen atoms in total. The maximum absolute atomic E-state index is 15.0. The van der Waals surface area contributed by atoms with Gasteiger partial charge in [-0.15, -0.1) is 0 Å². The van der Waals surface area contributed by atoms with Crippen LogP contribution in [0.4, 0.5) is 22.0 Å². The van der Waals surface area contributed by atoms with E-state index in [1.54, 1.807) is 42.5 Å². The normalized spacial score (nSPS) is 12.7. The summed E-state index contributed by atoms with van der Waals surface area (Å²) in [5.74, 6) is -2.41. The first kappa shape index (κ1) is 31.9. The molecule has 2 N–H and O–H groups in total. The molecule has 4 aromatic carbocycles. The van der Waals surface area contributed by atoms with E-state index >= 15 is 8.78 Å². The molecule has 0 aromatic heterocycles. The number of hydrogen-bond acceptors (Lipinski definition) is 3. The maximum atomic E-state index is 15.0. The third-order valence-electron chi connectivity index (χ3n) is 6.96. The molecule has 4 rings (SSSR count). The largest absolute Gasteiger partial charge is 0.478 e. The van der Waals surface area contributed by atoms with E-state index in [9.17, 15) is 27.9 Å². The number of halogens is 5. The first-order valence-electron chi connectivity index (χ1n) is 13.5. The number of alkyl halides is 5. The molecule has 0 radical (unpaired) electrons. The van der Waals surface area contributed by atoms with Gasteiger partial charge in [0.15, 0.2) is 0 Å². The van der Waals surface area contributed by atoms with Gasteiger partial charge in [-0.05, 0) is 90.9 Å². The molecule has 1 unspecified atom stereocenters. The summed E-state index contributed by atoms with van der Waals surface area (Å²) in [6.07, 6.45) is -3.46. The minimum absolute atomic E-state index is 0.138. The zero-order valence-electron chi connectivity index (χ0n) is 23.1. The SMILES string of the molecule is O=C(O)c1ccc(CCC(/C=C/c2ccccc2OC(F)(F)c2ccc(C(F)(F)F)cc2)Cc2ccc(C(=O)O)cc2)cc1. The van der Waals surface area contributed by atoms with Crippen LogP contribution in [0.3, 0.4) is 0 Å². The van der Waals surface area contributed by atoms with Gasteiger partial charge in [-0.3, -0.25) is 0 Å². The van der Waals surface area contributed by atoms with Crippen LogP contribution in [0.5, 0.6) is 5.75 Å². The molecule has 0 aliphatic rings. The predicted molar refractivity (Wildman–Crippen MR) is 154 cm³/mol. The molecule has 4 aromatic rings. The molecule has 0 aliphatic heterocycles. The highest BCUT2D eigenvalue weighted by Crippen LogP contribution is 2.36. The molecule has 0 spiro atoms. The summed E-state index contributed by atoms with van der Waals surface area (Å²) in [5.41, 5.74) is 0.575. The molecule has 0 fully saturated rings. The van der Waals surface area contributed by atoms with Crippen molar-refractivity contribution in [2.24, 2.45) is 5.92 Å². The average molecular weight is 611 g/mol. The minimum Gasteiger partial charge on any atom is -0.478 e. The van der Waals surface area contributed by atoms with Crippen LogP contribution in [-0.2, 0) is 25.1 Å². The third-order valence-corrected chi connectivity index (χ3v) is 6.96. The van der Waals surface area contributed by atoms with Gasteiger partial charge in [-0.1, -0.05) is 54.6 Å². The van der Waals surface area contributed by atoms with Crippen LogP contribution in [0, 0.1) is 5.92 Å². The van der Waals surface area contributed by atoms with Gasteiger partial charge in [0.2, 0.25) is 0 Å². The lowest BCUT2D eigenvalue weighted by Gasteiger charge is -2.20. The van der Waals surface area contributed by atoms with Crippen molar-refractivity contribution in [3.63, 3.8) is 0 Å². The zero-order chi connectivity index (χ0) is 31.9. The van der Waals surface area contributed by atoms with Gasteiger partial charge < -0.3 is 14.9 Å². The molecule has 1 atom stereocenters. The highest BCUT2D eigenvalue weighted by Gasteiger charge is 2.37. The van der Waals surface area contributed by atoms with Gasteiger partial charge in [-0.25, -0.2) is 9.59 Å². The van der Waals surface area contributed by atoms with Gasteiger partial charge in [0, 0.05) is 5.56 Å². The predicted octanol–water partition coefficient (Wildman–Crippen LogP) is 8.74. The molecular formula is C34H27F5O5. The van der Waals surface area contributed by atoms with E-state index in [2.05, 4.69) is 0 Å². The lowest BCUT2D eigenvalue weighted by molar-refractivity contribution is -0.185. The monoisotopic (exact) mass is 610 g/mol. The number of hydrogen-bond donors (Lipinski definition) is 2. The van der Waals surface area contributed by atoms with Gasteiger partial charge in [0.25, 0.3) is 0 Å². The van der Waals surface area contributed by atoms with Gasteiger partial charge in [0.1, 0.15) is 5.75 Å². The van der Waals surface area contributed by atoms with Crippen LogP contribution in [0.2, 0.25) is 0 Å². The fraction of sp³-hybridized carbons (Fsp3) is 0.176. The second kappa shape index (κ2) is 13.5. The van der Waals surface area contributed by atoms with E-state index in [1.807, 2.05) is 6.08 Å². The van der Waals surface area contributed by atoms with Crippen molar-refractivity contribution in [2.75, 3.05) is 0 Å². The van der Waals surface area contributed by atoms with E-state index in [1.165, 1.54) is 36.4 Å². The Bertz CT molecular complexity index is 1610. The Labute approximate surface area is 249 Å². The molecule has 0 saturated carbocycles. The van der Waals surface area contributed by atoms with Crippen molar-refractivity contribution in [2.45, 2.75) is 31.5 Å². The van der Waals surface area contributed by atoms with Crippen LogP contribution < -0.4 is 4.74 Å². The summed E-state index contributed by atoms with van der Waals surface area (Å²) in [7, 11) is 0. The van der Waals surface area contributed by atoms with Crippen molar-refractivity contribution in [3.05, 3.63) is 142 Å². The van der Waals surface area contributed by atoms with E-state index in [0.717, 1.165) is 11.1 Å². The van der Waals surface area contributed by atoms with Crippen LogP contribution in [0.25, 0.3) is 6.08 Å². The average Bonchev–Trinajstić information content (AvgIpc) is 2.99. The number of carboxylic acid groups (broad SMARTS) is 2. The zero-order valence-corrected chi connectivity index (χ0v) is 23.1. The number of benzene rings is 4. The number of carbonyl (C=O) groups is 2. The van der Waals surface area contributed by atoms with Gasteiger partial charge in [-0.2, -0.15) is 22.0 Å². The summed E-state index contributed by atoms with van der Waals surface area (Å²) in [5, 5.41) is 18.3. The number of aryl methyl sites for hydroxylation is 1. The number of aromatic carboxylic acids is 2. The molecule has 0 bridgehead atoms. The second-order valence-corrected chi connectivity index (χ2v) is 10.1. The topological polar surface area (TPSA) is 83.8 Å².